The monoisotopic (exact) mass is 417 g/mol. The van der Waals surface area contributed by atoms with Crippen molar-refractivity contribution in [3.8, 4) is 16.9 Å². The average molecular weight is 417 g/mol. The number of carboxylic acid groups (broad SMARTS) is 1. The van der Waals surface area contributed by atoms with E-state index in [1.807, 2.05) is 0 Å². The molecule has 2 aromatic rings. The fourth-order valence-electron chi connectivity index (χ4n) is 3.87. The van der Waals surface area contributed by atoms with Gasteiger partial charge in [-0.2, -0.15) is 0 Å². The first-order valence-electron chi connectivity index (χ1n) is 10.3. The minimum Gasteiger partial charge on any atom is -0.493 e. The smallest absolute Gasteiger partial charge is 0.338 e. The third kappa shape index (κ3) is 5.79. The van der Waals surface area contributed by atoms with Crippen LogP contribution in [0.2, 0.25) is 0 Å². The van der Waals surface area contributed by atoms with Gasteiger partial charge in [-0.3, -0.25) is 0 Å². The first kappa shape index (κ1) is 22.2. The van der Waals surface area contributed by atoms with Crippen LogP contribution in [-0.4, -0.2) is 42.2 Å². The molecule has 1 N–H and O–H groups in total. The van der Waals surface area contributed by atoms with Gasteiger partial charge in [0.2, 0.25) is 0 Å². The molecule has 0 spiro atoms. The molecule has 30 heavy (non-hydrogen) atoms. The van der Waals surface area contributed by atoms with E-state index in [1.165, 1.54) is 18.2 Å². The Bertz CT molecular complexity index is 900. The van der Waals surface area contributed by atoms with E-state index < -0.39 is 23.2 Å². The maximum Gasteiger partial charge on any atom is 0.338 e. The SMILES string of the molecule is CC(C)(C)CN1CCC(COc2ccc(-c3ccc(C(=O)O)c(F)c3)c(F)c2)CC1. The van der Waals surface area contributed by atoms with Crippen LogP contribution in [0, 0.1) is 23.0 Å². The predicted octanol–water partition coefficient (Wildman–Crippen LogP) is 5.47. The first-order chi connectivity index (χ1) is 14.1. The maximum absolute atomic E-state index is 14.6. The molecule has 3 rings (SSSR count). The summed E-state index contributed by atoms with van der Waals surface area (Å²) < 4.78 is 34.3. The fourth-order valence-corrected chi connectivity index (χ4v) is 3.87. The molecule has 0 unspecified atom stereocenters. The number of halogens is 2. The topological polar surface area (TPSA) is 49.8 Å². The number of ether oxygens (including phenoxy) is 1. The van der Waals surface area contributed by atoms with Gasteiger partial charge >= 0.3 is 5.97 Å². The number of nitrogens with zero attached hydrogens (tertiary/aromatic N) is 1. The minimum atomic E-state index is -1.35. The summed E-state index contributed by atoms with van der Waals surface area (Å²) >= 11 is 0. The van der Waals surface area contributed by atoms with Gasteiger partial charge in [0.15, 0.2) is 0 Å². The van der Waals surface area contributed by atoms with Gasteiger partial charge in [-0.1, -0.05) is 26.8 Å². The Morgan fingerprint density at radius 3 is 2.37 bits per heavy atom. The van der Waals surface area contributed by atoms with Crippen molar-refractivity contribution in [2.24, 2.45) is 11.3 Å². The lowest BCUT2D eigenvalue weighted by Gasteiger charge is -2.35. The normalized spacial score (nSPS) is 15.9. The van der Waals surface area contributed by atoms with Crippen molar-refractivity contribution >= 4 is 5.97 Å². The summed E-state index contributed by atoms with van der Waals surface area (Å²) in [6.45, 7) is 10.5. The molecule has 6 heteroatoms. The van der Waals surface area contributed by atoms with Crippen LogP contribution in [0.3, 0.4) is 0 Å². The highest BCUT2D eigenvalue weighted by atomic mass is 19.1. The molecule has 1 aliphatic heterocycles. The summed E-state index contributed by atoms with van der Waals surface area (Å²) in [4.78, 5) is 13.4. The molecule has 1 saturated heterocycles. The van der Waals surface area contributed by atoms with E-state index >= 15 is 0 Å². The zero-order chi connectivity index (χ0) is 21.9. The highest BCUT2D eigenvalue weighted by Gasteiger charge is 2.23. The number of rotatable bonds is 6. The van der Waals surface area contributed by atoms with Gasteiger partial charge < -0.3 is 14.7 Å². The zero-order valence-corrected chi connectivity index (χ0v) is 17.8. The highest BCUT2D eigenvalue weighted by Crippen LogP contribution is 2.29. The molecule has 1 heterocycles. The summed E-state index contributed by atoms with van der Waals surface area (Å²) in [5, 5.41) is 8.92. The van der Waals surface area contributed by atoms with Crippen molar-refractivity contribution in [2.75, 3.05) is 26.2 Å². The van der Waals surface area contributed by atoms with E-state index in [0.717, 1.165) is 44.6 Å². The lowest BCUT2D eigenvalue weighted by atomic mass is 9.92. The number of piperidine rings is 1. The van der Waals surface area contributed by atoms with Gasteiger partial charge in [0.1, 0.15) is 17.4 Å². The number of aromatic carboxylic acids is 1. The average Bonchev–Trinajstić information content (AvgIpc) is 2.66. The van der Waals surface area contributed by atoms with Gasteiger partial charge in [0, 0.05) is 18.2 Å². The zero-order valence-electron chi connectivity index (χ0n) is 17.8. The van der Waals surface area contributed by atoms with E-state index in [9.17, 15) is 13.6 Å². The van der Waals surface area contributed by atoms with Crippen molar-refractivity contribution in [1.82, 2.24) is 4.90 Å². The van der Waals surface area contributed by atoms with E-state index in [0.29, 0.717) is 23.7 Å². The van der Waals surface area contributed by atoms with Crippen molar-refractivity contribution in [3.05, 3.63) is 53.6 Å². The number of hydrogen-bond donors (Lipinski definition) is 1. The van der Waals surface area contributed by atoms with E-state index in [1.54, 1.807) is 6.07 Å². The van der Waals surface area contributed by atoms with Crippen molar-refractivity contribution in [2.45, 2.75) is 33.6 Å². The molecule has 0 bridgehead atoms. The molecular formula is C24H29F2NO3. The van der Waals surface area contributed by atoms with Gasteiger partial charge in [-0.05, 0) is 67.1 Å². The molecule has 2 aromatic carbocycles. The Hall–Kier alpha value is -2.47. The van der Waals surface area contributed by atoms with Crippen LogP contribution in [0.15, 0.2) is 36.4 Å². The summed E-state index contributed by atoms with van der Waals surface area (Å²) in [6.07, 6.45) is 2.12. The summed E-state index contributed by atoms with van der Waals surface area (Å²) in [5.74, 6) is -1.89. The van der Waals surface area contributed by atoms with E-state index in [2.05, 4.69) is 25.7 Å². The van der Waals surface area contributed by atoms with Crippen LogP contribution in [0.5, 0.6) is 5.75 Å². The summed E-state index contributed by atoms with van der Waals surface area (Å²) in [5.41, 5.74) is 0.341. The van der Waals surface area contributed by atoms with Crippen LogP contribution in [0.1, 0.15) is 44.0 Å². The highest BCUT2D eigenvalue weighted by molar-refractivity contribution is 5.88. The Labute approximate surface area is 176 Å². The first-order valence-corrected chi connectivity index (χ1v) is 10.3. The minimum absolute atomic E-state index is 0.202. The fraction of sp³-hybridized carbons (Fsp3) is 0.458. The molecule has 1 fully saturated rings. The Kier molecular flexibility index (Phi) is 6.76. The number of carbonyl (C=O) groups is 1. The van der Waals surface area contributed by atoms with Gasteiger partial charge in [-0.25, -0.2) is 13.6 Å². The molecule has 0 amide bonds. The number of hydrogen-bond acceptors (Lipinski definition) is 3. The van der Waals surface area contributed by atoms with Crippen LogP contribution in [-0.2, 0) is 0 Å². The second-order valence-corrected chi connectivity index (χ2v) is 9.23. The van der Waals surface area contributed by atoms with Gasteiger partial charge in [0.25, 0.3) is 0 Å². The van der Waals surface area contributed by atoms with Gasteiger partial charge in [0.05, 0.1) is 12.2 Å². The Morgan fingerprint density at radius 1 is 1.10 bits per heavy atom. The van der Waals surface area contributed by atoms with Crippen molar-refractivity contribution in [3.63, 3.8) is 0 Å². The van der Waals surface area contributed by atoms with Crippen molar-refractivity contribution < 1.29 is 23.4 Å². The van der Waals surface area contributed by atoms with Gasteiger partial charge in [-0.15, -0.1) is 0 Å². The van der Waals surface area contributed by atoms with Crippen LogP contribution >= 0.6 is 0 Å². The molecule has 4 nitrogen and oxygen atoms in total. The summed E-state index contributed by atoms with van der Waals surface area (Å²) in [6, 6.07) is 8.07. The predicted molar refractivity (Wildman–Crippen MR) is 113 cm³/mol. The van der Waals surface area contributed by atoms with Crippen molar-refractivity contribution in [1.29, 1.82) is 0 Å². The second-order valence-electron chi connectivity index (χ2n) is 9.23. The molecule has 162 valence electrons. The number of likely N-dealkylation sites (tertiary alicyclic amines) is 1. The lowest BCUT2D eigenvalue weighted by molar-refractivity contribution is 0.0692. The lowest BCUT2D eigenvalue weighted by Crippen LogP contribution is -2.40. The molecule has 0 aromatic heterocycles. The van der Waals surface area contributed by atoms with Crippen LogP contribution in [0.4, 0.5) is 8.78 Å². The number of carboxylic acids is 1. The Balaban J connectivity index is 1.58. The van der Waals surface area contributed by atoms with Crippen LogP contribution < -0.4 is 4.74 Å². The number of benzene rings is 2. The molecule has 0 atom stereocenters. The third-order valence-electron chi connectivity index (χ3n) is 5.34. The molecular weight excluding hydrogens is 388 g/mol. The summed E-state index contributed by atoms with van der Waals surface area (Å²) in [7, 11) is 0. The second kappa shape index (κ2) is 9.13. The molecule has 0 aliphatic carbocycles. The largest absolute Gasteiger partial charge is 0.493 e. The standard InChI is InChI=1S/C24H29F2NO3/c1-24(2,3)15-27-10-8-16(9-11-27)14-30-18-5-7-19(22(26)13-18)17-4-6-20(23(28)29)21(25)12-17/h4-7,12-13,16H,8-11,14-15H2,1-3H3,(H,28,29). The Morgan fingerprint density at radius 2 is 1.80 bits per heavy atom. The molecule has 0 saturated carbocycles. The maximum atomic E-state index is 14.6. The molecule has 1 aliphatic rings. The van der Waals surface area contributed by atoms with E-state index in [-0.39, 0.29) is 11.1 Å². The molecule has 0 radical (unpaired) electrons. The quantitative estimate of drug-likeness (QED) is 0.677. The van der Waals surface area contributed by atoms with E-state index in [4.69, 9.17) is 9.84 Å². The third-order valence-corrected chi connectivity index (χ3v) is 5.34. The van der Waals surface area contributed by atoms with Crippen LogP contribution in [0.25, 0.3) is 11.1 Å².